The maximum absolute atomic E-state index is 12.0. The third kappa shape index (κ3) is 4.80. The smallest absolute Gasteiger partial charge is 0.338 e. The van der Waals surface area contributed by atoms with E-state index >= 15 is 0 Å². The van der Waals surface area contributed by atoms with Crippen molar-refractivity contribution >= 4 is 11.9 Å². The molecule has 0 unspecified atom stereocenters. The summed E-state index contributed by atoms with van der Waals surface area (Å²) >= 11 is 0. The van der Waals surface area contributed by atoms with Gasteiger partial charge in [0.15, 0.2) is 0 Å². The van der Waals surface area contributed by atoms with Crippen LogP contribution in [0.25, 0.3) is 0 Å². The van der Waals surface area contributed by atoms with Crippen molar-refractivity contribution in [3.63, 3.8) is 0 Å². The van der Waals surface area contributed by atoms with Gasteiger partial charge in [0.2, 0.25) is 0 Å². The Balaban J connectivity index is 2.01. The fraction of sp³-hybridized carbons (Fsp3) is 0.579. The predicted octanol–water partition coefficient (Wildman–Crippen LogP) is 2.62. The largest absolute Gasteiger partial charge is 0.465 e. The number of carbonyl (C=O) groups is 2. The monoisotopic (exact) mass is 348 g/mol. The number of hydrogen-bond donors (Lipinski definition) is 1. The molecule has 6 nitrogen and oxygen atoms in total. The zero-order valence-electron chi connectivity index (χ0n) is 15.5. The Hall–Kier alpha value is -1.92. The van der Waals surface area contributed by atoms with Crippen LogP contribution in [0.5, 0.6) is 0 Å². The van der Waals surface area contributed by atoms with Crippen LogP contribution in [0.1, 0.15) is 61.0 Å². The first kappa shape index (κ1) is 19.4. The molecule has 138 valence electrons. The molecular formula is C19H28N2O4. The molecule has 6 heteroatoms. The van der Waals surface area contributed by atoms with Crippen molar-refractivity contribution in [1.82, 2.24) is 5.06 Å². The van der Waals surface area contributed by atoms with E-state index in [2.05, 4.69) is 0 Å². The van der Waals surface area contributed by atoms with E-state index in [9.17, 15) is 9.59 Å². The summed E-state index contributed by atoms with van der Waals surface area (Å²) in [5, 5.41) is 1.75. The molecule has 1 aliphatic rings. The van der Waals surface area contributed by atoms with Crippen LogP contribution in [0.4, 0.5) is 0 Å². The van der Waals surface area contributed by atoms with Gasteiger partial charge in [0.05, 0.1) is 18.1 Å². The van der Waals surface area contributed by atoms with E-state index in [-0.39, 0.29) is 11.9 Å². The number of hydroxylamine groups is 2. The Morgan fingerprint density at radius 2 is 1.88 bits per heavy atom. The zero-order chi connectivity index (χ0) is 18.6. The average molecular weight is 348 g/mol. The number of benzene rings is 1. The molecular weight excluding hydrogens is 320 g/mol. The second kappa shape index (κ2) is 7.97. The third-order valence-corrected chi connectivity index (χ3v) is 4.50. The SMILES string of the molecule is COC(=O)c1ccc(C2CCN(OC(=O)C(C)(C)C)CC2)cc1CN. The molecule has 1 heterocycles. The molecule has 1 fully saturated rings. The second-order valence-electron chi connectivity index (χ2n) is 7.44. The standard InChI is InChI=1S/C19H28N2O4/c1-19(2,3)18(23)25-21-9-7-13(8-10-21)14-5-6-16(17(22)24-4)15(11-14)12-20/h5-6,11,13H,7-10,12,20H2,1-4H3. The van der Waals surface area contributed by atoms with Gasteiger partial charge >= 0.3 is 11.9 Å². The lowest BCUT2D eigenvalue weighted by Gasteiger charge is -2.32. The van der Waals surface area contributed by atoms with E-state index < -0.39 is 5.41 Å². The quantitative estimate of drug-likeness (QED) is 0.842. The molecule has 0 saturated carbocycles. The Labute approximate surface area is 149 Å². The number of esters is 1. The highest BCUT2D eigenvalue weighted by molar-refractivity contribution is 5.91. The first-order valence-corrected chi connectivity index (χ1v) is 8.64. The van der Waals surface area contributed by atoms with Crippen molar-refractivity contribution in [1.29, 1.82) is 0 Å². The van der Waals surface area contributed by atoms with Crippen LogP contribution in [0, 0.1) is 5.41 Å². The third-order valence-electron chi connectivity index (χ3n) is 4.50. The summed E-state index contributed by atoms with van der Waals surface area (Å²) in [7, 11) is 1.37. The molecule has 0 aromatic heterocycles. The highest BCUT2D eigenvalue weighted by Crippen LogP contribution is 2.30. The van der Waals surface area contributed by atoms with Crippen LogP contribution in [-0.2, 0) is 20.9 Å². The zero-order valence-corrected chi connectivity index (χ0v) is 15.5. The molecule has 0 bridgehead atoms. The second-order valence-corrected chi connectivity index (χ2v) is 7.44. The molecule has 0 spiro atoms. The summed E-state index contributed by atoms with van der Waals surface area (Å²) in [6.45, 7) is 7.23. The highest BCUT2D eigenvalue weighted by Gasteiger charge is 2.29. The Bertz CT molecular complexity index is 629. The number of methoxy groups -OCH3 is 1. The number of nitrogens with two attached hydrogens (primary N) is 1. The molecule has 2 rings (SSSR count). The summed E-state index contributed by atoms with van der Waals surface area (Å²) in [6, 6.07) is 5.75. The topological polar surface area (TPSA) is 81.9 Å². The Morgan fingerprint density at radius 3 is 2.40 bits per heavy atom. The maximum atomic E-state index is 12.0. The minimum absolute atomic E-state index is 0.209. The number of carbonyl (C=O) groups excluding carboxylic acids is 2. The van der Waals surface area contributed by atoms with E-state index in [0.717, 1.165) is 24.0 Å². The van der Waals surface area contributed by atoms with E-state index in [4.69, 9.17) is 15.3 Å². The lowest BCUT2D eigenvalue weighted by Crippen LogP contribution is -2.38. The predicted molar refractivity (Wildman–Crippen MR) is 94.8 cm³/mol. The van der Waals surface area contributed by atoms with Gasteiger partial charge < -0.3 is 15.3 Å². The number of ether oxygens (including phenoxy) is 1. The number of piperidine rings is 1. The molecule has 1 aliphatic heterocycles. The van der Waals surface area contributed by atoms with Gasteiger partial charge in [-0.05, 0) is 56.7 Å². The summed E-state index contributed by atoms with van der Waals surface area (Å²) in [5.41, 5.74) is 7.76. The minimum Gasteiger partial charge on any atom is -0.465 e. The normalized spacial score (nSPS) is 16.5. The molecule has 0 radical (unpaired) electrons. The van der Waals surface area contributed by atoms with Crippen LogP contribution < -0.4 is 5.73 Å². The first-order valence-electron chi connectivity index (χ1n) is 8.64. The summed E-state index contributed by atoms with van der Waals surface area (Å²) in [4.78, 5) is 29.2. The molecule has 1 saturated heterocycles. The lowest BCUT2D eigenvalue weighted by atomic mass is 9.88. The average Bonchev–Trinajstić information content (AvgIpc) is 2.60. The van der Waals surface area contributed by atoms with Crippen LogP contribution in [0.15, 0.2) is 18.2 Å². The van der Waals surface area contributed by atoms with E-state index in [0.29, 0.717) is 31.1 Å². The lowest BCUT2D eigenvalue weighted by molar-refractivity contribution is -0.204. The van der Waals surface area contributed by atoms with Gasteiger partial charge in [0.25, 0.3) is 0 Å². The van der Waals surface area contributed by atoms with E-state index in [1.165, 1.54) is 7.11 Å². The fourth-order valence-corrected chi connectivity index (χ4v) is 2.88. The van der Waals surface area contributed by atoms with Crippen LogP contribution >= 0.6 is 0 Å². The molecule has 2 N–H and O–H groups in total. The molecule has 1 aromatic rings. The van der Waals surface area contributed by atoms with Crippen molar-refractivity contribution in [3.8, 4) is 0 Å². The van der Waals surface area contributed by atoms with Gasteiger partial charge in [-0.2, -0.15) is 0 Å². The van der Waals surface area contributed by atoms with Gasteiger partial charge in [-0.3, -0.25) is 0 Å². The van der Waals surface area contributed by atoms with Gasteiger partial charge in [-0.25, -0.2) is 9.59 Å². The van der Waals surface area contributed by atoms with Crippen molar-refractivity contribution < 1.29 is 19.2 Å². The van der Waals surface area contributed by atoms with Crippen molar-refractivity contribution in [2.45, 2.75) is 46.1 Å². The fourth-order valence-electron chi connectivity index (χ4n) is 2.88. The van der Waals surface area contributed by atoms with Gasteiger partial charge in [0, 0.05) is 19.6 Å². The number of hydrogen-bond acceptors (Lipinski definition) is 6. The number of nitrogens with zero attached hydrogens (tertiary/aromatic N) is 1. The van der Waals surface area contributed by atoms with Gasteiger partial charge in [0.1, 0.15) is 0 Å². The van der Waals surface area contributed by atoms with Crippen LogP contribution in [0.3, 0.4) is 0 Å². The van der Waals surface area contributed by atoms with E-state index in [1.807, 2.05) is 32.9 Å². The summed E-state index contributed by atoms with van der Waals surface area (Å²) in [6.07, 6.45) is 1.78. The minimum atomic E-state index is -0.503. The molecule has 0 atom stereocenters. The van der Waals surface area contributed by atoms with E-state index in [1.54, 1.807) is 11.1 Å². The van der Waals surface area contributed by atoms with Crippen LogP contribution in [0.2, 0.25) is 0 Å². The molecule has 1 aromatic carbocycles. The van der Waals surface area contributed by atoms with Gasteiger partial charge in [-0.1, -0.05) is 12.1 Å². The molecule has 0 amide bonds. The molecule has 0 aliphatic carbocycles. The summed E-state index contributed by atoms with van der Waals surface area (Å²) < 4.78 is 4.79. The maximum Gasteiger partial charge on any atom is 0.338 e. The van der Waals surface area contributed by atoms with Crippen molar-refractivity contribution in [3.05, 3.63) is 34.9 Å². The van der Waals surface area contributed by atoms with Crippen LogP contribution in [-0.4, -0.2) is 37.2 Å². The highest BCUT2D eigenvalue weighted by atomic mass is 16.7. The Morgan fingerprint density at radius 1 is 1.24 bits per heavy atom. The van der Waals surface area contributed by atoms with Crippen molar-refractivity contribution in [2.75, 3.05) is 20.2 Å². The summed E-state index contributed by atoms with van der Waals surface area (Å²) in [5.74, 6) is -0.212. The Kier molecular flexibility index (Phi) is 6.19. The molecule has 25 heavy (non-hydrogen) atoms. The van der Waals surface area contributed by atoms with Gasteiger partial charge in [-0.15, -0.1) is 5.06 Å². The first-order chi connectivity index (χ1) is 11.8. The van der Waals surface area contributed by atoms with Crippen molar-refractivity contribution in [2.24, 2.45) is 11.1 Å². The number of rotatable bonds is 4.